The molecule has 3 heterocycles. The molecule has 0 N–H and O–H groups in total. The SMILES string of the molecule is C1=CCC(c2ccc(-c3nc(-c4cccc(-c5cccc(-c6ccc7c(c6)C6(c8ccccc8Oc8ccccc86)c6ccc8ccccc8c6-7)c5)c4)c4sc5ccccc5c4n3)cc2)C=C1. The lowest BCUT2D eigenvalue weighted by Crippen LogP contribution is -2.32. The van der Waals surface area contributed by atoms with E-state index >= 15 is 0 Å². The molecule has 4 heteroatoms. The summed E-state index contributed by atoms with van der Waals surface area (Å²) in [5.41, 5.74) is 16.8. The van der Waals surface area contributed by atoms with Gasteiger partial charge in [0.1, 0.15) is 11.5 Å². The van der Waals surface area contributed by atoms with E-state index in [-0.39, 0.29) is 0 Å². The van der Waals surface area contributed by atoms with Crippen molar-refractivity contribution >= 4 is 42.4 Å². The van der Waals surface area contributed by atoms with Gasteiger partial charge in [-0.3, -0.25) is 0 Å². The molecular formula is C63H40N2OS. The maximum Gasteiger partial charge on any atom is 0.160 e. The molecule has 0 bridgehead atoms. The minimum Gasteiger partial charge on any atom is -0.457 e. The Balaban J connectivity index is 0.900. The number of nitrogens with zero attached hydrogens (tertiary/aromatic N) is 2. The zero-order valence-electron chi connectivity index (χ0n) is 36.4. The van der Waals surface area contributed by atoms with Gasteiger partial charge in [0, 0.05) is 38.3 Å². The van der Waals surface area contributed by atoms with Crippen molar-refractivity contribution < 1.29 is 4.74 Å². The van der Waals surface area contributed by atoms with E-state index in [9.17, 15) is 0 Å². The molecule has 1 spiro atoms. The lowest BCUT2D eigenvalue weighted by atomic mass is 9.66. The van der Waals surface area contributed by atoms with Crippen molar-refractivity contribution in [2.24, 2.45) is 0 Å². The normalized spacial score (nSPS) is 15.1. The minimum absolute atomic E-state index is 0.388. The van der Waals surface area contributed by atoms with Crippen LogP contribution in [0.2, 0.25) is 0 Å². The molecule has 2 aliphatic carbocycles. The fourth-order valence-electron chi connectivity index (χ4n) is 11.2. The van der Waals surface area contributed by atoms with Crippen LogP contribution in [0.4, 0.5) is 0 Å². The summed E-state index contributed by atoms with van der Waals surface area (Å²) in [6.45, 7) is 0. The average Bonchev–Trinajstić information content (AvgIpc) is 3.92. The van der Waals surface area contributed by atoms with Gasteiger partial charge in [-0.15, -0.1) is 11.3 Å². The van der Waals surface area contributed by atoms with Gasteiger partial charge >= 0.3 is 0 Å². The second-order valence-corrected chi connectivity index (χ2v) is 19.0. The van der Waals surface area contributed by atoms with E-state index < -0.39 is 5.41 Å². The highest BCUT2D eigenvalue weighted by Gasteiger charge is 2.51. The second-order valence-electron chi connectivity index (χ2n) is 17.9. The van der Waals surface area contributed by atoms with Crippen LogP contribution in [0.15, 0.2) is 224 Å². The monoisotopic (exact) mass is 872 g/mol. The Labute approximate surface area is 392 Å². The fraction of sp³-hybridized carbons (Fsp3) is 0.0476. The number of allylic oxidation sites excluding steroid dienone is 4. The zero-order chi connectivity index (χ0) is 44.1. The number of hydrogen-bond acceptors (Lipinski definition) is 4. The van der Waals surface area contributed by atoms with Gasteiger partial charge in [-0.25, -0.2) is 9.97 Å². The first-order valence-electron chi connectivity index (χ1n) is 23.1. The lowest BCUT2D eigenvalue weighted by Gasteiger charge is -2.39. The molecule has 3 nitrogen and oxygen atoms in total. The van der Waals surface area contributed by atoms with Crippen molar-refractivity contribution in [2.75, 3.05) is 0 Å². The van der Waals surface area contributed by atoms with Crippen LogP contribution >= 0.6 is 11.3 Å². The number of para-hydroxylation sites is 2. The molecule has 14 rings (SSSR count). The molecule has 0 fully saturated rings. The van der Waals surface area contributed by atoms with E-state index in [2.05, 4.69) is 224 Å². The van der Waals surface area contributed by atoms with E-state index in [1.54, 1.807) is 11.3 Å². The van der Waals surface area contributed by atoms with E-state index in [1.165, 1.54) is 60.0 Å². The van der Waals surface area contributed by atoms with Crippen molar-refractivity contribution in [2.45, 2.75) is 17.8 Å². The van der Waals surface area contributed by atoms with Crippen LogP contribution in [0.1, 0.15) is 40.2 Å². The van der Waals surface area contributed by atoms with Crippen molar-refractivity contribution in [3.8, 4) is 67.5 Å². The lowest BCUT2D eigenvalue weighted by molar-refractivity contribution is 0.436. The molecular weight excluding hydrogens is 833 g/mol. The smallest absolute Gasteiger partial charge is 0.160 e. The standard InChI is InChI=1S/C63H40N2OS/c1-2-14-39(15-3-1)40-28-30-42(31-29-40)62-64-59(61-60(65-62)50-22-6-11-27-57(50)67-61)47-20-13-19-45(37-47)43-17-12-18-44(36-43)46-32-34-49-54(38-46)63(53-35-33-41-16-4-5-21-48(41)58(49)53)51-23-7-9-25-55(51)66-56-26-10-8-24-52(56)63/h1-14,16-39H,15H2. The maximum absolute atomic E-state index is 6.68. The van der Waals surface area contributed by atoms with Crippen LogP contribution in [-0.4, -0.2) is 9.97 Å². The molecule has 314 valence electrons. The highest BCUT2D eigenvalue weighted by Crippen LogP contribution is 2.63. The van der Waals surface area contributed by atoms with Gasteiger partial charge in [-0.2, -0.15) is 0 Å². The first-order valence-corrected chi connectivity index (χ1v) is 23.9. The summed E-state index contributed by atoms with van der Waals surface area (Å²) < 4.78 is 9.00. The molecule has 3 aliphatic rings. The van der Waals surface area contributed by atoms with E-state index in [0.29, 0.717) is 5.92 Å². The molecule has 0 saturated carbocycles. The Bertz CT molecular complexity index is 3850. The van der Waals surface area contributed by atoms with Crippen LogP contribution in [0.3, 0.4) is 0 Å². The van der Waals surface area contributed by atoms with Gasteiger partial charge < -0.3 is 4.74 Å². The zero-order valence-corrected chi connectivity index (χ0v) is 37.2. The second kappa shape index (κ2) is 14.9. The predicted molar refractivity (Wildman–Crippen MR) is 277 cm³/mol. The Morgan fingerprint density at radius 1 is 0.493 bits per heavy atom. The molecule has 0 saturated heterocycles. The first-order chi connectivity index (χ1) is 33.2. The van der Waals surface area contributed by atoms with Crippen LogP contribution in [-0.2, 0) is 5.41 Å². The molecule has 9 aromatic carbocycles. The molecule has 0 radical (unpaired) electrons. The Morgan fingerprint density at radius 3 is 1.91 bits per heavy atom. The van der Waals surface area contributed by atoms with Crippen LogP contribution in [0, 0.1) is 0 Å². The number of hydrogen-bond donors (Lipinski definition) is 0. The maximum atomic E-state index is 6.68. The predicted octanol–water partition coefficient (Wildman–Crippen LogP) is 16.7. The number of aromatic nitrogens is 2. The Kier molecular flexibility index (Phi) is 8.49. The fourth-order valence-corrected chi connectivity index (χ4v) is 12.3. The molecule has 1 unspecified atom stereocenters. The quantitative estimate of drug-likeness (QED) is 0.173. The van der Waals surface area contributed by atoms with Crippen molar-refractivity contribution in [3.63, 3.8) is 0 Å². The number of benzene rings is 9. The van der Waals surface area contributed by atoms with Gasteiger partial charge in [0.15, 0.2) is 5.82 Å². The summed E-state index contributed by atoms with van der Waals surface area (Å²) >= 11 is 1.77. The van der Waals surface area contributed by atoms with Gasteiger partial charge in [0.05, 0.1) is 21.3 Å². The van der Waals surface area contributed by atoms with Gasteiger partial charge in [-0.1, -0.05) is 188 Å². The Morgan fingerprint density at radius 2 is 1.15 bits per heavy atom. The molecule has 11 aromatic rings. The Hall–Kier alpha value is -8.18. The summed E-state index contributed by atoms with van der Waals surface area (Å²) in [5.74, 6) is 2.92. The summed E-state index contributed by atoms with van der Waals surface area (Å²) in [4.78, 5) is 10.7. The summed E-state index contributed by atoms with van der Waals surface area (Å²) in [6, 6.07) is 73.1. The van der Waals surface area contributed by atoms with Gasteiger partial charge in [0.25, 0.3) is 0 Å². The third-order valence-electron chi connectivity index (χ3n) is 14.3. The van der Waals surface area contributed by atoms with Crippen molar-refractivity contribution in [1.29, 1.82) is 0 Å². The molecule has 2 aromatic heterocycles. The van der Waals surface area contributed by atoms with E-state index in [4.69, 9.17) is 14.7 Å². The summed E-state index contributed by atoms with van der Waals surface area (Å²) in [7, 11) is 0. The van der Waals surface area contributed by atoms with Crippen LogP contribution < -0.4 is 4.74 Å². The minimum atomic E-state index is -0.567. The summed E-state index contributed by atoms with van der Waals surface area (Å²) in [6.07, 6.45) is 9.81. The molecule has 1 atom stereocenters. The van der Waals surface area contributed by atoms with Crippen molar-refractivity contribution in [1.82, 2.24) is 9.97 Å². The highest BCUT2D eigenvalue weighted by molar-refractivity contribution is 7.26. The average molecular weight is 873 g/mol. The van der Waals surface area contributed by atoms with Gasteiger partial charge in [-0.05, 0) is 104 Å². The topological polar surface area (TPSA) is 35.0 Å². The van der Waals surface area contributed by atoms with E-state index in [1.807, 2.05) is 0 Å². The molecule has 0 amide bonds. The number of rotatable bonds is 5. The highest BCUT2D eigenvalue weighted by atomic mass is 32.1. The van der Waals surface area contributed by atoms with Gasteiger partial charge in [0.2, 0.25) is 0 Å². The van der Waals surface area contributed by atoms with E-state index in [0.717, 1.165) is 72.9 Å². The number of ether oxygens (including phenoxy) is 1. The third kappa shape index (κ3) is 5.83. The van der Waals surface area contributed by atoms with Crippen LogP contribution in [0.25, 0.3) is 87.1 Å². The molecule has 1 aliphatic heterocycles. The summed E-state index contributed by atoms with van der Waals surface area (Å²) in [5, 5.41) is 3.66. The number of fused-ring (bicyclic) bond motifs is 14. The van der Waals surface area contributed by atoms with Crippen LogP contribution in [0.5, 0.6) is 11.5 Å². The third-order valence-corrected chi connectivity index (χ3v) is 15.5. The number of thiophene rings is 1. The molecule has 67 heavy (non-hydrogen) atoms. The van der Waals surface area contributed by atoms with Crippen molar-refractivity contribution in [3.05, 3.63) is 252 Å². The first kappa shape index (κ1) is 38.1. The largest absolute Gasteiger partial charge is 0.457 e.